The Balaban J connectivity index is 2.04. The first-order valence-electron chi connectivity index (χ1n) is 7.43. The van der Waals surface area contributed by atoms with E-state index < -0.39 is 0 Å². The molecule has 0 fully saturated rings. The smallest absolute Gasteiger partial charge is 0.269 e. The van der Waals surface area contributed by atoms with Gasteiger partial charge >= 0.3 is 0 Å². The van der Waals surface area contributed by atoms with Gasteiger partial charge in [-0.2, -0.15) is 4.57 Å². The molecule has 0 N–H and O–H groups in total. The van der Waals surface area contributed by atoms with E-state index in [4.69, 9.17) is 4.74 Å². The Morgan fingerprint density at radius 2 is 1.82 bits per heavy atom. The topological polar surface area (TPSA) is 16.4 Å². The highest BCUT2D eigenvalue weighted by Crippen LogP contribution is 2.31. The van der Waals surface area contributed by atoms with Crippen molar-refractivity contribution in [3.63, 3.8) is 0 Å². The number of anilines is 1. The minimum absolute atomic E-state index is 0.696. The van der Waals surface area contributed by atoms with Crippen molar-refractivity contribution in [2.24, 2.45) is 7.05 Å². The van der Waals surface area contributed by atoms with Gasteiger partial charge in [-0.1, -0.05) is 11.3 Å². The lowest BCUT2D eigenvalue weighted by Crippen LogP contribution is -2.28. The van der Waals surface area contributed by atoms with Crippen molar-refractivity contribution in [1.29, 1.82) is 0 Å². The third-order valence-corrected chi connectivity index (χ3v) is 5.00. The van der Waals surface area contributed by atoms with Crippen LogP contribution in [-0.2, 0) is 7.05 Å². The normalized spacial score (nSPS) is 10.9. The van der Waals surface area contributed by atoms with Gasteiger partial charge in [0.25, 0.3) is 5.01 Å². The molecule has 1 aromatic heterocycles. The molecule has 3 rings (SSSR count). The molecular weight excluding hydrogens is 292 g/mol. The number of rotatable bonds is 4. The van der Waals surface area contributed by atoms with Crippen LogP contribution in [0.4, 0.5) is 5.69 Å². The summed E-state index contributed by atoms with van der Waals surface area (Å²) in [6.45, 7) is 2.71. The molecule has 3 nitrogen and oxygen atoms in total. The second kappa shape index (κ2) is 5.97. The maximum Gasteiger partial charge on any atom is 0.269 e. The van der Waals surface area contributed by atoms with Crippen LogP contribution in [0.3, 0.4) is 0 Å². The Hall–Kier alpha value is -2.07. The molecule has 2 aromatic carbocycles. The lowest BCUT2D eigenvalue weighted by atomic mass is 10.2. The lowest BCUT2D eigenvalue weighted by Gasteiger charge is -2.11. The van der Waals surface area contributed by atoms with E-state index in [1.165, 1.54) is 26.5 Å². The minimum atomic E-state index is 0.696. The van der Waals surface area contributed by atoms with Crippen molar-refractivity contribution in [3.8, 4) is 16.3 Å². The van der Waals surface area contributed by atoms with Crippen LogP contribution in [0.1, 0.15) is 6.92 Å². The maximum atomic E-state index is 5.60. The third-order valence-electron chi connectivity index (χ3n) is 3.75. The van der Waals surface area contributed by atoms with Crippen LogP contribution >= 0.6 is 11.3 Å². The summed E-state index contributed by atoms with van der Waals surface area (Å²) in [5.74, 6) is 0.936. The summed E-state index contributed by atoms with van der Waals surface area (Å²) in [7, 11) is 6.24. The quantitative estimate of drug-likeness (QED) is 0.680. The molecule has 0 aliphatic heterocycles. The van der Waals surface area contributed by atoms with Gasteiger partial charge in [0.15, 0.2) is 0 Å². The van der Waals surface area contributed by atoms with Crippen molar-refractivity contribution >= 4 is 27.2 Å². The molecule has 0 unspecified atom stereocenters. The first kappa shape index (κ1) is 14.9. The summed E-state index contributed by atoms with van der Waals surface area (Å²) in [4.78, 5) is 2.11. The molecule has 3 aromatic rings. The highest BCUT2D eigenvalue weighted by molar-refractivity contribution is 7.21. The first-order valence-corrected chi connectivity index (χ1v) is 8.25. The van der Waals surface area contributed by atoms with Gasteiger partial charge in [0.1, 0.15) is 17.5 Å². The van der Waals surface area contributed by atoms with Crippen LogP contribution in [-0.4, -0.2) is 20.7 Å². The van der Waals surface area contributed by atoms with E-state index in [1.807, 2.05) is 13.0 Å². The van der Waals surface area contributed by atoms with Crippen molar-refractivity contribution in [1.82, 2.24) is 0 Å². The molecule has 0 spiro atoms. The molecule has 0 saturated heterocycles. The summed E-state index contributed by atoms with van der Waals surface area (Å²) < 4.78 is 9.10. The van der Waals surface area contributed by atoms with E-state index in [0.29, 0.717) is 6.61 Å². The summed E-state index contributed by atoms with van der Waals surface area (Å²) >= 11 is 1.80. The van der Waals surface area contributed by atoms with Gasteiger partial charge in [0.2, 0.25) is 5.52 Å². The van der Waals surface area contributed by atoms with Crippen molar-refractivity contribution in [2.45, 2.75) is 6.92 Å². The highest BCUT2D eigenvalue weighted by Gasteiger charge is 2.19. The summed E-state index contributed by atoms with van der Waals surface area (Å²) in [5.41, 5.74) is 3.69. The number of aryl methyl sites for hydroxylation is 1. The largest absolute Gasteiger partial charge is 0.494 e. The van der Waals surface area contributed by atoms with E-state index in [9.17, 15) is 0 Å². The van der Waals surface area contributed by atoms with Crippen LogP contribution in [0.2, 0.25) is 0 Å². The highest BCUT2D eigenvalue weighted by atomic mass is 32.1. The number of benzene rings is 2. The average Bonchev–Trinajstić information content (AvgIpc) is 2.84. The van der Waals surface area contributed by atoms with E-state index >= 15 is 0 Å². The first-order chi connectivity index (χ1) is 10.6. The molecule has 0 aliphatic carbocycles. The molecule has 0 radical (unpaired) electrons. The second-order valence-electron chi connectivity index (χ2n) is 5.47. The van der Waals surface area contributed by atoms with E-state index in [1.54, 1.807) is 11.3 Å². The molecule has 0 atom stereocenters. The van der Waals surface area contributed by atoms with Gasteiger partial charge in [-0.3, -0.25) is 0 Å². The van der Waals surface area contributed by atoms with Crippen LogP contribution in [0.15, 0.2) is 42.5 Å². The summed E-state index contributed by atoms with van der Waals surface area (Å²) in [6, 6.07) is 15.0. The van der Waals surface area contributed by atoms with E-state index in [0.717, 1.165) is 5.75 Å². The van der Waals surface area contributed by atoms with Crippen LogP contribution in [0.25, 0.3) is 20.8 Å². The monoisotopic (exact) mass is 313 g/mol. The van der Waals surface area contributed by atoms with Crippen molar-refractivity contribution < 1.29 is 9.30 Å². The van der Waals surface area contributed by atoms with E-state index in [2.05, 4.69) is 67.0 Å². The predicted octanol–water partition coefficient (Wildman–Crippen LogP) is 3.86. The van der Waals surface area contributed by atoms with E-state index in [-0.39, 0.29) is 0 Å². The third kappa shape index (κ3) is 2.66. The van der Waals surface area contributed by atoms with Gasteiger partial charge in [-0.25, -0.2) is 0 Å². The Morgan fingerprint density at radius 1 is 1.09 bits per heavy atom. The molecule has 114 valence electrons. The SMILES string of the molecule is CCOc1ccc2c(c1)sc(-c1ccc(N(C)C)cc1)[n+]2C. The Kier molecular flexibility index (Phi) is 4.03. The summed E-state index contributed by atoms with van der Waals surface area (Å²) in [5, 5.41) is 1.26. The standard InChI is InChI=1S/C18H21N2OS/c1-5-21-15-10-11-16-17(12-15)22-18(20(16)4)13-6-8-14(9-7-13)19(2)3/h6-12H,5H2,1-4H3/q+1. The number of hydrogen-bond acceptors (Lipinski definition) is 3. The predicted molar refractivity (Wildman–Crippen MR) is 93.9 cm³/mol. The second-order valence-corrected chi connectivity index (χ2v) is 6.50. The molecule has 0 saturated carbocycles. The minimum Gasteiger partial charge on any atom is -0.494 e. The number of hydrogen-bond donors (Lipinski definition) is 0. The van der Waals surface area contributed by atoms with Gasteiger partial charge in [0, 0.05) is 31.9 Å². The zero-order chi connectivity index (χ0) is 15.7. The maximum absolute atomic E-state index is 5.60. The summed E-state index contributed by atoms with van der Waals surface area (Å²) in [6.07, 6.45) is 0. The Labute approximate surface area is 135 Å². The number of fused-ring (bicyclic) bond motifs is 1. The van der Waals surface area contributed by atoms with Crippen LogP contribution in [0, 0.1) is 0 Å². The number of ether oxygens (including phenoxy) is 1. The number of thiazole rings is 1. The van der Waals surface area contributed by atoms with Gasteiger partial charge in [0.05, 0.1) is 12.2 Å². The van der Waals surface area contributed by atoms with Gasteiger partial charge in [-0.05, 0) is 37.3 Å². The fourth-order valence-corrected chi connectivity index (χ4v) is 3.73. The fourth-order valence-electron chi connectivity index (χ4n) is 2.55. The van der Waals surface area contributed by atoms with Crippen LogP contribution in [0.5, 0.6) is 5.75 Å². The molecule has 0 bridgehead atoms. The number of aromatic nitrogens is 1. The zero-order valence-corrected chi connectivity index (χ0v) is 14.3. The lowest BCUT2D eigenvalue weighted by molar-refractivity contribution is -0.629. The van der Waals surface area contributed by atoms with Crippen molar-refractivity contribution in [2.75, 3.05) is 25.6 Å². The molecular formula is C18H21N2OS+. The average molecular weight is 313 g/mol. The zero-order valence-electron chi connectivity index (χ0n) is 13.5. The molecule has 4 heteroatoms. The van der Waals surface area contributed by atoms with Crippen LogP contribution < -0.4 is 14.2 Å². The number of nitrogens with zero attached hydrogens (tertiary/aromatic N) is 2. The fraction of sp³-hybridized carbons (Fsp3) is 0.278. The molecule has 22 heavy (non-hydrogen) atoms. The Bertz CT molecular complexity index is 791. The molecule has 1 heterocycles. The van der Waals surface area contributed by atoms with Gasteiger partial charge < -0.3 is 9.64 Å². The molecule has 0 aliphatic rings. The van der Waals surface area contributed by atoms with Gasteiger partial charge in [-0.15, -0.1) is 0 Å². The Morgan fingerprint density at radius 3 is 2.45 bits per heavy atom. The molecule has 0 amide bonds. The van der Waals surface area contributed by atoms with Crippen molar-refractivity contribution in [3.05, 3.63) is 42.5 Å².